The van der Waals surface area contributed by atoms with Gasteiger partial charge in [-0.15, -0.1) is 0 Å². The van der Waals surface area contributed by atoms with Gasteiger partial charge in [-0.05, 0) is 32.1 Å². The molecule has 0 bridgehead atoms. The van der Waals surface area contributed by atoms with E-state index in [2.05, 4.69) is 20.8 Å². The monoisotopic (exact) mass is 484 g/mol. The molecular weight excluding hydrogens is 424 g/mol. The summed E-state index contributed by atoms with van der Waals surface area (Å²) in [6.07, 6.45) is 23.6. The third-order valence-electron chi connectivity index (χ3n) is 6.60. The highest BCUT2D eigenvalue weighted by Crippen LogP contribution is 2.17. The van der Waals surface area contributed by atoms with Gasteiger partial charge in [0.15, 0.2) is 0 Å². The minimum atomic E-state index is -0.635. The molecule has 0 aromatic rings. The lowest BCUT2D eigenvalue weighted by atomic mass is 9.98. The van der Waals surface area contributed by atoms with Crippen LogP contribution in [0, 0.1) is 11.8 Å². The molecule has 0 saturated heterocycles. The van der Waals surface area contributed by atoms with Gasteiger partial charge in [-0.2, -0.15) is 0 Å². The molecule has 0 rings (SSSR count). The zero-order valence-corrected chi connectivity index (χ0v) is 23.7. The highest BCUT2D eigenvalue weighted by molar-refractivity contribution is 5.72. The van der Waals surface area contributed by atoms with Crippen LogP contribution < -0.4 is 0 Å². The third-order valence-corrected chi connectivity index (χ3v) is 6.60. The average molecular weight is 485 g/mol. The Morgan fingerprint density at radius 2 is 1.00 bits per heavy atom. The molecule has 0 aliphatic heterocycles. The Balaban J connectivity index is 0. The van der Waals surface area contributed by atoms with Crippen LogP contribution in [0.4, 0.5) is 0 Å². The molecule has 0 radical (unpaired) electrons. The molecule has 0 aromatic carbocycles. The van der Waals surface area contributed by atoms with Gasteiger partial charge in [0.1, 0.15) is 0 Å². The molecule has 4 nitrogen and oxygen atoms in total. The maximum Gasteiger partial charge on any atom is 0.308 e. The van der Waals surface area contributed by atoms with Crippen molar-refractivity contribution in [3.8, 4) is 0 Å². The van der Waals surface area contributed by atoms with Crippen molar-refractivity contribution in [2.45, 2.75) is 163 Å². The van der Waals surface area contributed by atoms with Crippen molar-refractivity contribution in [2.75, 3.05) is 6.61 Å². The smallest absolute Gasteiger partial charge is 0.308 e. The van der Waals surface area contributed by atoms with Gasteiger partial charge >= 0.3 is 11.9 Å². The van der Waals surface area contributed by atoms with E-state index in [1.165, 1.54) is 83.5 Å². The Kier molecular flexibility index (Phi) is 29.1. The molecular formula is C30H60O4. The molecule has 0 fully saturated rings. The minimum Gasteiger partial charge on any atom is -0.481 e. The number of esters is 1. The Bertz CT molecular complexity index is 430. The first kappa shape index (κ1) is 35.1. The van der Waals surface area contributed by atoms with Gasteiger partial charge in [0, 0.05) is 0 Å². The van der Waals surface area contributed by atoms with E-state index in [0.717, 1.165) is 44.9 Å². The van der Waals surface area contributed by atoms with Crippen LogP contribution in [0.3, 0.4) is 0 Å². The summed E-state index contributed by atoms with van der Waals surface area (Å²) in [5.41, 5.74) is 0. The largest absolute Gasteiger partial charge is 0.481 e. The SMILES string of the molecule is CCCC(CCC)C(=O)O.CCCCCCCCCCCCOC(=O)C(CC)CCCCCC. The van der Waals surface area contributed by atoms with Crippen molar-refractivity contribution in [1.29, 1.82) is 0 Å². The Hall–Kier alpha value is -1.06. The van der Waals surface area contributed by atoms with Gasteiger partial charge in [-0.25, -0.2) is 0 Å². The van der Waals surface area contributed by atoms with Gasteiger partial charge in [0.05, 0.1) is 18.4 Å². The second kappa shape index (κ2) is 28.2. The van der Waals surface area contributed by atoms with Crippen LogP contribution >= 0.6 is 0 Å². The fourth-order valence-corrected chi connectivity index (χ4v) is 4.27. The summed E-state index contributed by atoms with van der Waals surface area (Å²) in [7, 11) is 0. The number of rotatable bonds is 23. The number of carbonyl (C=O) groups is 2. The first-order chi connectivity index (χ1) is 16.5. The average Bonchev–Trinajstić information content (AvgIpc) is 2.82. The zero-order valence-electron chi connectivity index (χ0n) is 23.7. The summed E-state index contributed by atoms with van der Waals surface area (Å²) in [6, 6.07) is 0. The van der Waals surface area contributed by atoms with Crippen molar-refractivity contribution < 1.29 is 19.4 Å². The van der Waals surface area contributed by atoms with Gasteiger partial charge in [0.2, 0.25) is 0 Å². The maximum atomic E-state index is 12.1. The Labute approximate surface area is 213 Å². The molecule has 0 aliphatic carbocycles. The Morgan fingerprint density at radius 1 is 0.559 bits per heavy atom. The summed E-state index contributed by atoms with van der Waals surface area (Å²) < 4.78 is 5.49. The van der Waals surface area contributed by atoms with Crippen molar-refractivity contribution in [2.24, 2.45) is 11.8 Å². The van der Waals surface area contributed by atoms with E-state index in [9.17, 15) is 9.59 Å². The summed E-state index contributed by atoms with van der Waals surface area (Å²) in [5, 5.41) is 8.64. The summed E-state index contributed by atoms with van der Waals surface area (Å²) in [5.74, 6) is -0.561. The first-order valence-electron chi connectivity index (χ1n) is 14.9. The number of ether oxygens (including phenoxy) is 1. The van der Waals surface area contributed by atoms with Gasteiger partial charge in [-0.3, -0.25) is 9.59 Å². The van der Waals surface area contributed by atoms with E-state index >= 15 is 0 Å². The molecule has 0 amide bonds. The van der Waals surface area contributed by atoms with Gasteiger partial charge in [-0.1, -0.05) is 131 Å². The van der Waals surface area contributed by atoms with Crippen LogP contribution in [0.1, 0.15) is 163 Å². The fourth-order valence-electron chi connectivity index (χ4n) is 4.27. The number of hydrogen-bond donors (Lipinski definition) is 1. The zero-order chi connectivity index (χ0) is 25.9. The molecule has 0 aliphatic rings. The molecule has 1 N–H and O–H groups in total. The van der Waals surface area contributed by atoms with Crippen LogP contribution in [0.5, 0.6) is 0 Å². The maximum absolute atomic E-state index is 12.1. The lowest BCUT2D eigenvalue weighted by Crippen LogP contribution is -2.17. The molecule has 0 aromatic heterocycles. The van der Waals surface area contributed by atoms with E-state index in [1.54, 1.807) is 0 Å². The molecule has 34 heavy (non-hydrogen) atoms. The summed E-state index contributed by atoms with van der Waals surface area (Å²) in [6.45, 7) is 11.3. The van der Waals surface area contributed by atoms with Crippen LogP contribution in [0.25, 0.3) is 0 Å². The standard InChI is InChI=1S/C22H44O2.C8H16O2/c1-4-7-9-11-12-13-14-15-16-18-20-24-22(23)21(6-3)19-17-10-8-5-2;1-3-5-7(6-4-2)8(9)10/h21H,4-20H2,1-3H3;7H,3-6H2,1-2H3,(H,9,10). The van der Waals surface area contributed by atoms with Crippen molar-refractivity contribution in [3.63, 3.8) is 0 Å². The van der Waals surface area contributed by atoms with E-state index in [1.807, 2.05) is 13.8 Å². The number of unbranched alkanes of at least 4 members (excludes halogenated alkanes) is 12. The van der Waals surface area contributed by atoms with Crippen molar-refractivity contribution in [1.82, 2.24) is 0 Å². The predicted octanol–water partition coefficient (Wildman–Crippen LogP) is 9.73. The molecule has 4 heteroatoms. The summed E-state index contributed by atoms with van der Waals surface area (Å²) >= 11 is 0. The fraction of sp³-hybridized carbons (Fsp3) is 0.933. The normalized spacial score (nSPS) is 11.7. The number of carbonyl (C=O) groups excluding carboxylic acids is 1. The predicted molar refractivity (Wildman–Crippen MR) is 146 cm³/mol. The molecule has 0 saturated carbocycles. The molecule has 204 valence electrons. The second-order valence-electron chi connectivity index (χ2n) is 9.92. The quantitative estimate of drug-likeness (QED) is 0.116. The Morgan fingerprint density at radius 3 is 1.41 bits per heavy atom. The molecule has 1 atom stereocenters. The van der Waals surface area contributed by atoms with Gasteiger partial charge in [0.25, 0.3) is 0 Å². The van der Waals surface area contributed by atoms with Crippen LogP contribution in [0.2, 0.25) is 0 Å². The summed E-state index contributed by atoms with van der Waals surface area (Å²) in [4.78, 5) is 22.6. The van der Waals surface area contributed by atoms with E-state index < -0.39 is 5.97 Å². The molecule has 0 heterocycles. The van der Waals surface area contributed by atoms with E-state index in [4.69, 9.17) is 9.84 Å². The lowest BCUT2D eigenvalue weighted by Gasteiger charge is -2.14. The van der Waals surface area contributed by atoms with Crippen LogP contribution in [-0.4, -0.2) is 23.7 Å². The number of carboxylic acid groups (broad SMARTS) is 1. The first-order valence-corrected chi connectivity index (χ1v) is 14.9. The molecule has 0 spiro atoms. The van der Waals surface area contributed by atoms with E-state index in [-0.39, 0.29) is 17.8 Å². The van der Waals surface area contributed by atoms with E-state index in [0.29, 0.717) is 6.61 Å². The van der Waals surface area contributed by atoms with Gasteiger partial charge < -0.3 is 9.84 Å². The van der Waals surface area contributed by atoms with Crippen LogP contribution in [0.15, 0.2) is 0 Å². The highest BCUT2D eigenvalue weighted by atomic mass is 16.5. The lowest BCUT2D eigenvalue weighted by molar-refractivity contribution is -0.149. The van der Waals surface area contributed by atoms with Crippen LogP contribution in [-0.2, 0) is 14.3 Å². The minimum absolute atomic E-state index is 0.0462. The topological polar surface area (TPSA) is 63.6 Å². The van der Waals surface area contributed by atoms with Crippen molar-refractivity contribution in [3.05, 3.63) is 0 Å². The number of aliphatic carboxylic acids is 1. The third kappa shape index (κ3) is 24.1. The van der Waals surface area contributed by atoms with Crippen molar-refractivity contribution >= 4 is 11.9 Å². The highest BCUT2D eigenvalue weighted by Gasteiger charge is 2.17. The number of carboxylic acids is 1. The second-order valence-corrected chi connectivity index (χ2v) is 9.92. The molecule has 1 unspecified atom stereocenters. The number of hydrogen-bond acceptors (Lipinski definition) is 3.